The van der Waals surface area contributed by atoms with Crippen LogP contribution in [0.3, 0.4) is 0 Å². The Morgan fingerprint density at radius 3 is 2.67 bits per heavy atom. The molecular formula is C13H20BrN. The van der Waals surface area contributed by atoms with E-state index in [-0.39, 0.29) is 0 Å². The van der Waals surface area contributed by atoms with Gasteiger partial charge in [0.15, 0.2) is 0 Å². The van der Waals surface area contributed by atoms with Gasteiger partial charge < -0.3 is 5.32 Å². The van der Waals surface area contributed by atoms with E-state index in [1.807, 2.05) is 0 Å². The third kappa shape index (κ3) is 3.96. The molecule has 0 radical (unpaired) electrons. The highest BCUT2D eigenvalue weighted by molar-refractivity contribution is 9.09. The van der Waals surface area contributed by atoms with Crippen LogP contribution in [0.5, 0.6) is 0 Å². The minimum atomic E-state index is 0.619. The molecule has 0 saturated heterocycles. The minimum absolute atomic E-state index is 0.619. The van der Waals surface area contributed by atoms with Gasteiger partial charge in [0.05, 0.1) is 5.45 Å². The van der Waals surface area contributed by atoms with Crippen LogP contribution in [-0.2, 0) is 6.42 Å². The lowest BCUT2D eigenvalue weighted by molar-refractivity contribution is 0.772. The molecule has 0 atom stereocenters. The Bertz CT molecular complexity index is 307. The lowest BCUT2D eigenvalue weighted by Crippen LogP contribution is -2.15. The fourth-order valence-electron chi connectivity index (χ4n) is 1.61. The molecule has 15 heavy (non-hydrogen) atoms. The SMILES string of the molecule is Cc1ccc(C(C)C)cc1CCNCBr. The van der Waals surface area contributed by atoms with Crippen molar-refractivity contribution in [2.75, 3.05) is 12.0 Å². The van der Waals surface area contributed by atoms with Crippen molar-refractivity contribution in [1.82, 2.24) is 5.32 Å². The molecule has 1 N–H and O–H groups in total. The summed E-state index contributed by atoms with van der Waals surface area (Å²) in [6, 6.07) is 6.82. The average Bonchev–Trinajstić information content (AvgIpc) is 2.20. The minimum Gasteiger partial charge on any atom is -0.307 e. The van der Waals surface area contributed by atoms with E-state index in [0.29, 0.717) is 5.92 Å². The molecule has 1 aromatic rings. The van der Waals surface area contributed by atoms with Crippen LogP contribution in [0.4, 0.5) is 0 Å². The highest BCUT2D eigenvalue weighted by Crippen LogP contribution is 2.18. The van der Waals surface area contributed by atoms with E-state index in [0.717, 1.165) is 18.4 Å². The first-order valence-electron chi connectivity index (χ1n) is 5.51. The van der Waals surface area contributed by atoms with Crippen LogP contribution in [-0.4, -0.2) is 12.0 Å². The van der Waals surface area contributed by atoms with E-state index in [4.69, 9.17) is 0 Å². The standard InChI is InChI=1S/C13H20BrN/c1-10(2)12-5-4-11(3)13(8-12)6-7-15-9-14/h4-5,8,10,15H,6-7,9H2,1-3H3. The largest absolute Gasteiger partial charge is 0.307 e. The van der Waals surface area contributed by atoms with Crippen molar-refractivity contribution < 1.29 is 0 Å². The lowest BCUT2D eigenvalue weighted by atomic mass is 9.96. The molecule has 0 heterocycles. The Kier molecular flexibility index (Phi) is 5.34. The Morgan fingerprint density at radius 2 is 2.07 bits per heavy atom. The third-order valence-electron chi connectivity index (χ3n) is 2.71. The monoisotopic (exact) mass is 269 g/mol. The highest BCUT2D eigenvalue weighted by atomic mass is 79.9. The first-order chi connectivity index (χ1) is 7.15. The lowest BCUT2D eigenvalue weighted by Gasteiger charge is -2.11. The van der Waals surface area contributed by atoms with Crippen molar-refractivity contribution in [1.29, 1.82) is 0 Å². The van der Waals surface area contributed by atoms with Gasteiger partial charge in [-0.15, -0.1) is 0 Å². The summed E-state index contributed by atoms with van der Waals surface area (Å²) in [5, 5.41) is 3.29. The molecule has 84 valence electrons. The number of halogens is 1. The number of aryl methyl sites for hydroxylation is 1. The van der Waals surface area contributed by atoms with E-state index >= 15 is 0 Å². The van der Waals surface area contributed by atoms with E-state index in [1.165, 1.54) is 16.7 Å². The molecule has 1 nitrogen and oxygen atoms in total. The van der Waals surface area contributed by atoms with Gasteiger partial charge in [-0.1, -0.05) is 48.0 Å². The molecule has 2 heteroatoms. The van der Waals surface area contributed by atoms with Crippen molar-refractivity contribution in [3.05, 3.63) is 34.9 Å². The fraction of sp³-hybridized carbons (Fsp3) is 0.538. The first-order valence-corrected chi connectivity index (χ1v) is 6.63. The molecule has 0 aliphatic heterocycles. The summed E-state index contributed by atoms with van der Waals surface area (Å²) >= 11 is 3.37. The molecule has 0 fully saturated rings. The van der Waals surface area contributed by atoms with Gasteiger partial charge in [-0.2, -0.15) is 0 Å². The van der Waals surface area contributed by atoms with Crippen LogP contribution < -0.4 is 5.32 Å². The summed E-state index contributed by atoms with van der Waals surface area (Å²) in [7, 11) is 0. The molecule has 0 amide bonds. The maximum Gasteiger partial charge on any atom is 0.0517 e. The predicted molar refractivity (Wildman–Crippen MR) is 70.8 cm³/mol. The normalized spacial score (nSPS) is 11.0. The Morgan fingerprint density at radius 1 is 1.33 bits per heavy atom. The number of hydrogen-bond acceptors (Lipinski definition) is 1. The summed E-state index contributed by atoms with van der Waals surface area (Å²) in [5.41, 5.74) is 5.18. The smallest absolute Gasteiger partial charge is 0.0517 e. The van der Waals surface area contributed by atoms with Gasteiger partial charge in [-0.05, 0) is 42.5 Å². The van der Waals surface area contributed by atoms with Crippen molar-refractivity contribution in [2.45, 2.75) is 33.1 Å². The first kappa shape index (κ1) is 12.7. The summed E-state index contributed by atoms with van der Waals surface area (Å²) in [4.78, 5) is 0. The van der Waals surface area contributed by atoms with Gasteiger partial charge in [0.1, 0.15) is 0 Å². The summed E-state index contributed by atoms with van der Waals surface area (Å²) < 4.78 is 0. The Labute approximate surface area is 101 Å². The zero-order valence-electron chi connectivity index (χ0n) is 9.81. The van der Waals surface area contributed by atoms with Gasteiger partial charge >= 0.3 is 0 Å². The van der Waals surface area contributed by atoms with Crippen LogP contribution in [0, 0.1) is 6.92 Å². The molecule has 0 aliphatic carbocycles. The summed E-state index contributed by atoms with van der Waals surface area (Å²) in [6.07, 6.45) is 1.11. The van der Waals surface area contributed by atoms with Crippen LogP contribution in [0.25, 0.3) is 0 Å². The predicted octanol–water partition coefficient (Wildman–Crippen LogP) is 3.60. The van der Waals surface area contributed by atoms with Gasteiger partial charge in [0.25, 0.3) is 0 Å². The highest BCUT2D eigenvalue weighted by Gasteiger charge is 2.03. The van der Waals surface area contributed by atoms with Gasteiger partial charge in [-0.3, -0.25) is 0 Å². The average molecular weight is 270 g/mol. The van der Waals surface area contributed by atoms with E-state index in [1.54, 1.807) is 0 Å². The van der Waals surface area contributed by atoms with Crippen molar-refractivity contribution in [3.8, 4) is 0 Å². The van der Waals surface area contributed by atoms with Crippen LogP contribution in [0.15, 0.2) is 18.2 Å². The summed E-state index contributed by atoms with van der Waals surface area (Å²) in [6.45, 7) is 7.71. The maximum atomic E-state index is 3.37. The van der Waals surface area contributed by atoms with Crippen LogP contribution in [0.1, 0.15) is 36.5 Å². The molecule has 0 aliphatic rings. The quantitative estimate of drug-likeness (QED) is 0.489. The zero-order chi connectivity index (χ0) is 11.3. The number of hydrogen-bond donors (Lipinski definition) is 1. The molecule has 0 aromatic heterocycles. The number of rotatable bonds is 5. The van der Waals surface area contributed by atoms with E-state index < -0.39 is 0 Å². The second-order valence-electron chi connectivity index (χ2n) is 4.22. The second kappa shape index (κ2) is 6.29. The van der Waals surface area contributed by atoms with Crippen LogP contribution >= 0.6 is 15.9 Å². The van der Waals surface area contributed by atoms with Crippen molar-refractivity contribution in [2.24, 2.45) is 0 Å². The van der Waals surface area contributed by atoms with Gasteiger partial charge in [-0.25, -0.2) is 0 Å². The molecule has 0 bridgehead atoms. The maximum absolute atomic E-state index is 3.37. The van der Waals surface area contributed by atoms with E-state index in [2.05, 4.69) is 60.2 Å². The van der Waals surface area contributed by atoms with Gasteiger partial charge in [0, 0.05) is 0 Å². The molecular weight excluding hydrogens is 250 g/mol. The molecule has 1 rings (SSSR count). The second-order valence-corrected chi connectivity index (χ2v) is 4.78. The number of alkyl halides is 1. The van der Waals surface area contributed by atoms with Crippen molar-refractivity contribution in [3.63, 3.8) is 0 Å². The molecule has 0 unspecified atom stereocenters. The fourth-order valence-corrected chi connectivity index (χ4v) is 1.89. The van der Waals surface area contributed by atoms with Gasteiger partial charge in [0.2, 0.25) is 0 Å². The number of benzene rings is 1. The Balaban J connectivity index is 2.72. The van der Waals surface area contributed by atoms with Crippen molar-refractivity contribution >= 4 is 15.9 Å². The zero-order valence-corrected chi connectivity index (χ0v) is 11.4. The topological polar surface area (TPSA) is 12.0 Å². The summed E-state index contributed by atoms with van der Waals surface area (Å²) in [5.74, 6) is 0.619. The molecule has 0 saturated carbocycles. The van der Waals surface area contributed by atoms with Crippen LogP contribution in [0.2, 0.25) is 0 Å². The number of nitrogens with one attached hydrogen (secondary N) is 1. The Hall–Kier alpha value is -0.340. The van der Waals surface area contributed by atoms with E-state index in [9.17, 15) is 0 Å². The molecule has 0 spiro atoms. The molecule has 1 aromatic carbocycles. The third-order valence-corrected chi connectivity index (χ3v) is 3.10.